The average molecular weight is 382 g/mol. The van der Waals surface area contributed by atoms with Gasteiger partial charge in [-0.15, -0.1) is 0 Å². The van der Waals surface area contributed by atoms with Crippen LogP contribution in [0.3, 0.4) is 0 Å². The van der Waals surface area contributed by atoms with Gasteiger partial charge in [0.1, 0.15) is 6.54 Å². The summed E-state index contributed by atoms with van der Waals surface area (Å²) in [5.74, 6) is -2.39. The third kappa shape index (κ3) is 5.73. The van der Waals surface area contributed by atoms with Crippen molar-refractivity contribution >= 4 is 35.3 Å². The van der Waals surface area contributed by atoms with Gasteiger partial charge in [-0.3, -0.25) is 19.2 Å². The van der Waals surface area contributed by atoms with Crippen molar-refractivity contribution in [1.82, 2.24) is 10.2 Å². The van der Waals surface area contributed by atoms with E-state index in [1.54, 1.807) is 12.1 Å². The van der Waals surface area contributed by atoms with Gasteiger partial charge in [-0.25, -0.2) is 0 Å². The molecule has 1 aliphatic rings. The number of benzene rings is 1. The quantitative estimate of drug-likeness (QED) is 0.688. The van der Waals surface area contributed by atoms with E-state index in [1.807, 2.05) is 0 Å². The van der Waals surface area contributed by atoms with Gasteiger partial charge >= 0.3 is 5.97 Å². The van der Waals surface area contributed by atoms with Crippen molar-refractivity contribution in [1.29, 1.82) is 0 Å². The molecule has 1 fully saturated rings. The SMILES string of the molecule is NC(=O)[C@H]1CCCN(C(=O)COC(=O)CNC(=O)c2ccc(Cl)cc2)C1. The molecule has 0 aromatic heterocycles. The largest absolute Gasteiger partial charge is 0.454 e. The number of likely N-dealkylation sites (tertiary alicyclic amines) is 1. The first kappa shape index (κ1) is 19.7. The monoisotopic (exact) mass is 381 g/mol. The van der Waals surface area contributed by atoms with Gasteiger partial charge in [-0.2, -0.15) is 0 Å². The van der Waals surface area contributed by atoms with Crippen LogP contribution in [0.25, 0.3) is 0 Å². The molecule has 0 aliphatic carbocycles. The number of nitrogens with zero attached hydrogens (tertiary/aromatic N) is 1. The summed E-state index contributed by atoms with van der Waals surface area (Å²) >= 11 is 5.74. The van der Waals surface area contributed by atoms with Gasteiger partial charge in [0.15, 0.2) is 6.61 Å². The number of carbonyl (C=O) groups excluding carboxylic acids is 4. The Morgan fingerprint density at radius 2 is 1.92 bits per heavy atom. The third-order valence-corrected chi connectivity index (χ3v) is 4.28. The van der Waals surface area contributed by atoms with Crippen LogP contribution < -0.4 is 11.1 Å². The Hall–Kier alpha value is -2.61. The highest BCUT2D eigenvalue weighted by atomic mass is 35.5. The standard InChI is InChI=1S/C17H20ClN3O5/c18-13-5-3-11(4-6-13)17(25)20-8-15(23)26-10-14(22)21-7-1-2-12(9-21)16(19)24/h3-6,12H,1-2,7-10H2,(H2,19,24)(H,20,25)/t12-/m0/s1. The molecule has 1 aromatic rings. The molecular weight excluding hydrogens is 362 g/mol. The summed E-state index contributed by atoms with van der Waals surface area (Å²) in [6.07, 6.45) is 1.32. The number of nitrogens with two attached hydrogens (primary N) is 1. The predicted molar refractivity (Wildman–Crippen MR) is 93.2 cm³/mol. The lowest BCUT2D eigenvalue weighted by molar-refractivity contribution is -0.152. The number of ether oxygens (including phenoxy) is 1. The minimum absolute atomic E-state index is 0.235. The highest BCUT2D eigenvalue weighted by molar-refractivity contribution is 6.30. The Bertz CT molecular complexity index is 692. The van der Waals surface area contributed by atoms with Gasteiger partial charge in [0.2, 0.25) is 5.91 Å². The van der Waals surface area contributed by atoms with Crippen LogP contribution in [-0.4, -0.2) is 54.8 Å². The van der Waals surface area contributed by atoms with Crippen molar-refractivity contribution in [3.8, 4) is 0 Å². The number of hydrogen-bond donors (Lipinski definition) is 2. The number of amides is 3. The fraction of sp³-hybridized carbons (Fsp3) is 0.412. The van der Waals surface area contributed by atoms with Gasteiger partial charge in [0.05, 0.1) is 5.92 Å². The van der Waals surface area contributed by atoms with E-state index in [0.29, 0.717) is 30.0 Å². The van der Waals surface area contributed by atoms with Crippen LogP contribution in [0.15, 0.2) is 24.3 Å². The Morgan fingerprint density at radius 3 is 2.58 bits per heavy atom. The highest BCUT2D eigenvalue weighted by Crippen LogP contribution is 2.16. The van der Waals surface area contributed by atoms with E-state index in [2.05, 4.69) is 5.32 Å². The lowest BCUT2D eigenvalue weighted by atomic mass is 9.97. The zero-order valence-electron chi connectivity index (χ0n) is 14.1. The lowest BCUT2D eigenvalue weighted by Crippen LogP contribution is -2.45. The Labute approximate surface area is 155 Å². The fourth-order valence-corrected chi connectivity index (χ4v) is 2.70. The van der Waals surface area contributed by atoms with Crippen LogP contribution in [-0.2, 0) is 19.1 Å². The van der Waals surface area contributed by atoms with Crippen molar-refractivity contribution in [3.63, 3.8) is 0 Å². The van der Waals surface area contributed by atoms with Crippen LogP contribution in [0.2, 0.25) is 5.02 Å². The number of esters is 1. The first-order valence-corrected chi connectivity index (χ1v) is 8.51. The van der Waals surface area contributed by atoms with Gasteiger partial charge in [0.25, 0.3) is 11.8 Å². The molecule has 1 heterocycles. The van der Waals surface area contributed by atoms with Crippen LogP contribution in [0, 0.1) is 5.92 Å². The number of primary amides is 1. The third-order valence-electron chi connectivity index (χ3n) is 4.03. The normalized spacial score (nSPS) is 16.7. The van der Waals surface area contributed by atoms with E-state index >= 15 is 0 Å². The topological polar surface area (TPSA) is 119 Å². The van der Waals surface area contributed by atoms with Crippen LogP contribution >= 0.6 is 11.6 Å². The maximum atomic E-state index is 12.1. The molecule has 1 saturated heterocycles. The zero-order chi connectivity index (χ0) is 19.1. The van der Waals surface area contributed by atoms with Crippen molar-refractivity contribution in [2.45, 2.75) is 12.8 Å². The summed E-state index contributed by atoms with van der Waals surface area (Å²) in [5.41, 5.74) is 5.62. The number of hydrogen-bond acceptors (Lipinski definition) is 5. The number of halogens is 1. The molecule has 1 aliphatic heterocycles. The molecule has 0 radical (unpaired) electrons. The lowest BCUT2D eigenvalue weighted by Gasteiger charge is -2.31. The molecule has 3 amide bonds. The van der Waals surface area contributed by atoms with Crippen molar-refractivity contribution < 1.29 is 23.9 Å². The second-order valence-electron chi connectivity index (χ2n) is 5.93. The van der Waals surface area contributed by atoms with E-state index in [1.165, 1.54) is 17.0 Å². The van der Waals surface area contributed by atoms with Crippen molar-refractivity contribution in [2.24, 2.45) is 11.7 Å². The van der Waals surface area contributed by atoms with Crippen LogP contribution in [0.1, 0.15) is 23.2 Å². The molecule has 9 heteroatoms. The summed E-state index contributed by atoms with van der Waals surface area (Å²) in [4.78, 5) is 48.3. The Balaban J connectivity index is 1.72. The predicted octanol–water partition coefficient (Wildman–Crippen LogP) is 0.337. The summed E-state index contributed by atoms with van der Waals surface area (Å²) in [6, 6.07) is 6.17. The van der Waals surface area contributed by atoms with Crippen LogP contribution in [0.4, 0.5) is 0 Å². The number of nitrogens with one attached hydrogen (secondary N) is 1. The molecule has 2 rings (SSSR count). The molecule has 0 saturated carbocycles. The van der Waals surface area contributed by atoms with Gasteiger partial charge in [-0.05, 0) is 37.1 Å². The Kier molecular flexibility index (Phi) is 6.97. The second-order valence-corrected chi connectivity index (χ2v) is 6.37. The summed E-state index contributed by atoms with van der Waals surface area (Å²) < 4.78 is 4.88. The minimum Gasteiger partial charge on any atom is -0.454 e. The number of carbonyl (C=O) groups is 4. The molecule has 0 bridgehead atoms. The molecule has 0 spiro atoms. The maximum Gasteiger partial charge on any atom is 0.325 e. The minimum atomic E-state index is -0.732. The van der Waals surface area contributed by atoms with E-state index in [9.17, 15) is 19.2 Å². The molecule has 8 nitrogen and oxygen atoms in total. The summed E-state index contributed by atoms with van der Waals surface area (Å²) in [6.45, 7) is -0.0771. The van der Waals surface area contributed by atoms with Crippen molar-refractivity contribution in [2.75, 3.05) is 26.2 Å². The fourth-order valence-electron chi connectivity index (χ4n) is 2.58. The van der Waals surface area contributed by atoms with E-state index < -0.39 is 30.3 Å². The smallest absolute Gasteiger partial charge is 0.325 e. The molecule has 140 valence electrons. The van der Waals surface area contributed by atoms with Crippen molar-refractivity contribution in [3.05, 3.63) is 34.9 Å². The average Bonchev–Trinajstić information content (AvgIpc) is 2.64. The number of piperidine rings is 1. The first-order chi connectivity index (χ1) is 12.4. The molecule has 1 atom stereocenters. The van der Waals surface area contributed by atoms with E-state index in [-0.39, 0.29) is 19.0 Å². The second kappa shape index (κ2) is 9.19. The van der Waals surface area contributed by atoms with Gasteiger partial charge in [0, 0.05) is 23.7 Å². The maximum absolute atomic E-state index is 12.1. The zero-order valence-corrected chi connectivity index (χ0v) is 14.8. The van der Waals surface area contributed by atoms with Gasteiger partial charge in [-0.1, -0.05) is 11.6 Å². The highest BCUT2D eigenvalue weighted by Gasteiger charge is 2.27. The molecular formula is C17H20ClN3O5. The van der Waals surface area contributed by atoms with E-state index in [0.717, 1.165) is 0 Å². The molecule has 3 N–H and O–H groups in total. The number of rotatable bonds is 6. The first-order valence-electron chi connectivity index (χ1n) is 8.13. The Morgan fingerprint density at radius 1 is 1.23 bits per heavy atom. The van der Waals surface area contributed by atoms with Crippen LogP contribution in [0.5, 0.6) is 0 Å². The summed E-state index contributed by atoms with van der Waals surface area (Å²) in [5, 5.41) is 2.90. The summed E-state index contributed by atoms with van der Waals surface area (Å²) in [7, 11) is 0. The molecule has 26 heavy (non-hydrogen) atoms. The molecule has 1 aromatic carbocycles. The van der Waals surface area contributed by atoms with E-state index in [4.69, 9.17) is 22.1 Å². The van der Waals surface area contributed by atoms with Gasteiger partial charge < -0.3 is 20.7 Å². The molecule has 0 unspecified atom stereocenters.